The highest BCUT2D eigenvalue weighted by Gasteiger charge is 2.28. The van der Waals surface area contributed by atoms with Gasteiger partial charge in [0.2, 0.25) is 10.0 Å². The van der Waals surface area contributed by atoms with Gasteiger partial charge in [-0.05, 0) is 35.9 Å². The summed E-state index contributed by atoms with van der Waals surface area (Å²) >= 11 is 0. The van der Waals surface area contributed by atoms with E-state index in [0.29, 0.717) is 32.7 Å². The summed E-state index contributed by atoms with van der Waals surface area (Å²) in [6, 6.07) is 11.4. The second-order valence-electron chi connectivity index (χ2n) is 5.77. The van der Waals surface area contributed by atoms with Gasteiger partial charge in [0.1, 0.15) is 11.6 Å². The van der Waals surface area contributed by atoms with Crippen molar-refractivity contribution in [3.8, 4) is 0 Å². The molecule has 0 atom stereocenters. The maximum Gasteiger partial charge on any atom is 0.243 e. The van der Waals surface area contributed by atoms with Gasteiger partial charge >= 0.3 is 0 Å². The summed E-state index contributed by atoms with van der Waals surface area (Å²) in [5.74, 6) is -0.847. The number of hydrogen-bond donors (Lipinski definition) is 0. The van der Waals surface area contributed by atoms with Gasteiger partial charge in [-0.2, -0.15) is 4.31 Å². The lowest BCUT2D eigenvalue weighted by Crippen LogP contribution is -2.48. The molecule has 3 rings (SSSR count). The van der Waals surface area contributed by atoms with Crippen molar-refractivity contribution in [2.45, 2.75) is 11.4 Å². The normalized spacial score (nSPS) is 17.1. The van der Waals surface area contributed by atoms with E-state index in [4.69, 9.17) is 0 Å². The molecule has 0 aliphatic carbocycles. The van der Waals surface area contributed by atoms with Gasteiger partial charge in [0.05, 0.1) is 4.90 Å². The lowest BCUT2D eigenvalue weighted by Gasteiger charge is -2.34. The second kappa shape index (κ2) is 6.96. The standard InChI is InChI=1S/C17H18F2N2O2S/c18-15-4-1-3-14(11-15)13-20-7-9-21(10-8-20)24(22,23)17-6-2-5-16(19)12-17/h1-6,11-12H,7-10,13H2. The molecule has 1 aliphatic rings. The van der Waals surface area contributed by atoms with Crippen molar-refractivity contribution in [2.75, 3.05) is 26.2 Å². The van der Waals surface area contributed by atoms with Gasteiger partial charge in [-0.25, -0.2) is 17.2 Å². The Balaban J connectivity index is 1.64. The summed E-state index contributed by atoms with van der Waals surface area (Å²) in [6.07, 6.45) is 0. The van der Waals surface area contributed by atoms with Crippen LogP contribution in [-0.4, -0.2) is 43.8 Å². The molecule has 4 nitrogen and oxygen atoms in total. The first-order valence-electron chi connectivity index (χ1n) is 7.68. The fourth-order valence-corrected chi connectivity index (χ4v) is 4.25. The van der Waals surface area contributed by atoms with Gasteiger partial charge in [0.25, 0.3) is 0 Å². The van der Waals surface area contributed by atoms with Crippen LogP contribution in [0.3, 0.4) is 0 Å². The summed E-state index contributed by atoms with van der Waals surface area (Å²) in [5.41, 5.74) is 0.858. The number of nitrogens with zero attached hydrogens (tertiary/aromatic N) is 2. The average molecular weight is 352 g/mol. The molecule has 2 aromatic rings. The van der Waals surface area contributed by atoms with Crippen LogP contribution in [0.15, 0.2) is 53.4 Å². The Kier molecular flexibility index (Phi) is 4.93. The van der Waals surface area contributed by atoms with Gasteiger partial charge in [-0.1, -0.05) is 18.2 Å². The minimum Gasteiger partial charge on any atom is -0.296 e. The van der Waals surface area contributed by atoms with Crippen molar-refractivity contribution < 1.29 is 17.2 Å². The number of benzene rings is 2. The molecule has 0 bridgehead atoms. The van der Waals surface area contributed by atoms with Crippen molar-refractivity contribution in [1.29, 1.82) is 0 Å². The first kappa shape index (κ1) is 17.0. The van der Waals surface area contributed by atoms with E-state index in [1.54, 1.807) is 6.07 Å². The molecule has 0 radical (unpaired) electrons. The van der Waals surface area contributed by atoms with Gasteiger partial charge in [-0.3, -0.25) is 4.90 Å². The predicted octanol–water partition coefficient (Wildman–Crippen LogP) is 2.47. The smallest absolute Gasteiger partial charge is 0.243 e. The summed E-state index contributed by atoms with van der Waals surface area (Å²) < 4.78 is 52.9. The van der Waals surface area contributed by atoms with E-state index < -0.39 is 15.8 Å². The summed E-state index contributed by atoms with van der Waals surface area (Å²) in [6.45, 7) is 2.32. The third kappa shape index (κ3) is 3.80. The molecule has 0 unspecified atom stereocenters. The molecule has 1 heterocycles. The Morgan fingerprint density at radius 3 is 2.12 bits per heavy atom. The maximum absolute atomic E-state index is 13.3. The Morgan fingerprint density at radius 2 is 1.50 bits per heavy atom. The highest BCUT2D eigenvalue weighted by atomic mass is 32.2. The fourth-order valence-electron chi connectivity index (χ4n) is 2.80. The van der Waals surface area contributed by atoms with Crippen molar-refractivity contribution in [3.05, 3.63) is 65.7 Å². The number of sulfonamides is 1. The number of halogens is 2. The van der Waals surface area contributed by atoms with Crippen LogP contribution in [0.4, 0.5) is 8.78 Å². The Hall–Kier alpha value is -1.83. The van der Waals surface area contributed by atoms with Crippen molar-refractivity contribution in [2.24, 2.45) is 0 Å². The van der Waals surface area contributed by atoms with E-state index in [1.807, 2.05) is 6.07 Å². The van der Waals surface area contributed by atoms with Gasteiger partial charge < -0.3 is 0 Å². The molecule has 128 valence electrons. The van der Waals surface area contributed by atoms with Crippen LogP contribution in [0.5, 0.6) is 0 Å². The minimum atomic E-state index is -3.68. The molecular weight excluding hydrogens is 334 g/mol. The zero-order chi connectivity index (χ0) is 17.2. The van der Waals surface area contributed by atoms with E-state index in [1.165, 1.54) is 34.6 Å². The molecule has 1 fully saturated rings. The molecule has 2 aromatic carbocycles. The van der Waals surface area contributed by atoms with E-state index in [-0.39, 0.29) is 10.7 Å². The summed E-state index contributed by atoms with van der Waals surface area (Å²) in [4.78, 5) is 2.05. The maximum atomic E-state index is 13.3. The molecule has 1 saturated heterocycles. The predicted molar refractivity (Wildman–Crippen MR) is 86.8 cm³/mol. The average Bonchev–Trinajstić information content (AvgIpc) is 2.55. The third-order valence-electron chi connectivity index (χ3n) is 4.06. The van der Waals surface area contributed by atoms with E-state index >= 15 is 0 Å². The first-order valence-corrected chi connectivity index (χ1v) is 9.12. The molecule has 0 N–H and O–H groups in total. The van der Waals surface area contributed by atoms with Crippen LogP contribution in [0, 0.1) is 11.6 Å². The molecule has 0 amide bonds. The molecule has 0 aromatic heterocycles. The number of hydrogen-bond acceptors (Lipinski definition) is 3. The molecular formula is C17H18F2N2O2S. The van der Waals surface area contributed by atoms with Gasteiger partial charge in [-0.15, -0.1) is 0 Å². The van der Waals surface area contributed by atoms with Crippen molar-refractivity contribution in [3.63, 3.8) is 0 Å². The zero-order valence-electron chi connectivity index (χ0n) is 13.0. The quantitative estimate of drug-likeness (QED) is 0.849. The van der Waals surface area contributed by atoms with Crippen LogP contribution in [0.2, 0.25) is 0 Å². The Labute approximate surface area is 140 Å². The Bertz CT molecular complexity index is 819. The largest absolute Gasteiger partial charge is 0.296 e. The molecule has 1 aliphatic heterocycles. The molecule has 0 spiro atoms. The van der Waals surface area contributed by atoms with Crippen molar-refractivity contribution >= 4 is 10.0 Å². The minimum absolute atomic E-state index is 0.0268. The SMILES string of the molecule is O=S(=O)(c1cccc(F)c1)N1CCN(Cc2cccc(F)c2)CC1. The second-order valence-corrected chi connectivity index (χ2v) is 7.71. The Morgan fingerprint density at radius 1 is 0.875 bits per heavy atom. The molecule has 24 heavy (non-hydrogen) atoms. The molecule has 0 saturated carbocycles. The van der Waals surface area contributed by atoms with Crippen LogP contribution in [0.25, 0.3) is 0 Å². The zero-order valence-corrected chi connectivity index (χ0v) is 13.8. The van der Waals surface area contributed by atoms with E-state index in [9.17, 15) is 17.2 Å². The topological polar surface area (TPSA) is 40.6 Å². The first-order chi connectivity index (χ1) is 11.4. The summed E-state index contributed by atoms with van der Waals surface area (Å²) in [5, 5.41) is 0. The van der Waals surface area contributed by atoms with E-state index in [0.717, 1.165) is 11.6 Å². The van der Waals surface area contributed by atoms with Crippen molar-refractivity contribution in [1.82, 2.24) is 9.21 Å². The van der Waals surface area contributed by atoms with Crippen LogP contribution >= 0.6 is 0 Å². The lowest BCUT2D eigenvalue weighted by molar-refractivity contribution is 0.181. The number of piperazine rings is 1. The molecule has 7 heteroatoms. The lowest BCUT2D eigenvalue weighted by atomic mass is 10.2. The monoisotopic (exact) mass is 352 g/mol. The van der Waals surface area contributed by atoms with Crippen LogP contribution in [0.1, 0.15) is 5.56 Å². The van der Waals surface area contributed by atoms with Crippen LogP contribution < -0.4 is 0 Å². The highest BCUT2D eigenvalue weighted by Crippen LogP contribution is 2.19. The third-order valence-corrected chi connectivity index (χ3v) is 5.95. The highest BCUT2D eigenvalue weighted by molar-refractivity contribution is 7.89. The fraction of sp³-hybridized carbons (Fsp3) is 0.294. The van der Waals surface area contributed by atoms with E-state index in [2.05, 4.69) is 4.90 Å². The number of rotatable bonds is 4. The summed E-state index contributed by atoms with van der Waals surface area (Å²) in [7, 11) is -3.68. The van der Waals surface area contributed by atoms with Crippen LogP contribution in [-0.2, 0) is 16.6 Å². The van der Waals surface area contributed by atoms with Gasteiger partial charge in [0, 0.05) is 32.7 Å². The van der Waals surface area contributed by atoms with Gasteiger partial charge in [0.15, 0.2) is 0 Å².